The van der Waals surface area contributed by atoms with E-state index in [-0.39, 0.29) is 5.91 Å². The van der Waals surface area contributed by atoms with Gasteiger partial charge in [-0.3, -0.25) is 14.7 Å². The number of halogens is 1. The highest BCUT2D eigenvalue weighted by Crippen LogP contribution is 2.09. The summed E-state index contributed by atoms with van der Waals surface area (Å²) in [6.07, 6.45) is 0.925. The van der Waals surface area contributed by atoms with Crippen molar-refractivity contribution in [3.8, 4) is 0 Å². The van der Waals surface area contributed by atoms with Gasteiger partial charge in [-0.15, -0.1) is 0 Å². The summed E-state index contributed by atoms with van der Waals surface area (Å²) in [4.78, 5) is 20.3. The van der Waals surface area contributed by atoms with Gasteiger partial charge >= 0.3 is 0 Å². The molecule has 1 aromatic rings. The van der Waals surface area contributed by atoms with E-state index in [2.05, 4.69) is 39.6 Å². The first-order valence-corrected chi connectivity index (χ1v) is 9.70. The van der Waals surface area contributed by atoms with Crippen molar-refractivity contribution in [1.29, 1.82) is 0 Å². The van der Waals surface area contributed by atoms with Crippen LogP contribution in [0, 0.1) is 0 Å². The monoisotopic (exact) mass is 379 g/mol. The predicted octanol–water partition coefficient (Wildman–Crippen LogP) is 1.60. The number of hydrogen-bond acceptors (Lipinski definition) is 3. The topological polar surface area (TPSA) is 60.0 Å². The minimum absolute atomic E-state index is 0.169. The van der Waals surface area contributed by atoms with E-state index in [1.807, 2.05) is 17.0 Å². The Morgan fingerprint density at radius 3 is 2.46 bits per heavy atom. The molecule has 0 atom stereocenters. The smallest absolute Gasteiger partial charge is 0.219 e. The number of benzene rings is 1. The fourth-order valence-electron chi connectivity index (χ4n) is 2.91. The molecule has 1 aromatic carbocycles. The zero-order valence-electron chi connectivity index (χ0n) is 15.8. The molecule has 0 unspecified atom stereocenters. The number of carbonyl (C=O) groups excluding carboxylic acids is 1. The molecule has 2 N–H and O–H groups in total. The molecule has 1 heterocycles. The number of carbonyl (C=O) groups is 1. The molecule has 1 fully saturated rings. The summed E-state index contributed by atoms with van der Waals surface area (Å²) in [6, 6.07) is 7.94. The predicted molar refractivity (Wildman–Crippen MR) is 108 cm³/mol. The SMILES string of the molecule is CCNC(=NCCN1CCN(C(C)=O)CC1)NCCc1ccc(Cl)cc1. The maximum absolute atomic E-state index is 11.4. The molecular weight excluding hydrogens is 350 g/mol. The van der Waals surface area contributed by atoms with Crippen LogP contribution in [0.4, 0.5) is 0 Å². The maximum Gasteiger partial charge on any atom is 0.219 e. The summed E-state index contributed by atoms with van der Waals surface area (Å²) in [5.74, 6) is 1.02. The van der Waals surface area contributed by atoms with Crippen LogP contribution in [-0.2, 0) is 11.2 Å². The molecule has 0 radical (unpaired) electrons. The molecule has 2 rings (SSSR count). The molecule has 1 aliphatic heterocycles. The first-order chi connectivity index (χ1) is 12.6. The van der Waals surface area contributed by atoms with E-state index in [0.29, 0.717) is 0 Å². The Morgan fingerprint density at radius 2 is 1.85 bits per heavy atom. The van der Waals surface area contributed by atoms with Crippen LogP contribution in [0.1, 0.15) is 19.4 Å². The molecule has 0 bridgehead atoms. The van der Waals surface area contributed by atoms with Crippen LogP contribution in [0.25, 0.3) is 0 Å². The average Bonchev–Trinajstić information content (AvgIpc) is 2.64. The highest BCUT2D eigenvalue weighted by atomic mass is 35.5. The summed E-state index contributed by atoms with van der Waals surface area (Å²) in [5, 5.41) is 7.43. The third-order valence-electron chi connectivity index (χ3n) is 4.47. The van der Waals surface area contributed by atoms with Gasteiger partial charge in [-0.1, -0.05) is 23.7 Å². The van der Waals surface area contributed by atoms with E-state index >= 15 is 0 Å². The molecule has 0 aliphatic carbocycles. The average molecular weight is 380 g/mol. The van der Waals surface area contributed by atoms with Gasteiger partial charge in [0.05, 0.1) is 6.54 Å². The first-order valence-electron chi connectivity index (χ1n) is 9.33. The Kier molecular flexibility index (Phi) is 8.71. The van der Waals surface area contributed by atoms with Gasteiger partial charge < -0.3 is 15.5 Å². The quantitative estimate of drug-likeness (QED) is 0.558. The van der Waals surface area contributed by atoms with Crippen LogP contribution < -0.4 is 10.6 Å². The van der Waals surface area contributed by atoms with Crippen molar-refractivity contribution < 1.29 is 4.79 Å². The van der Waals surface area contributed by atoms with Gasteiger partial charge in [0.15, 0.2) is 5.96 Å². The Morgan fingerprint density at radius 1 is 1.15 bits per heavy atom. The van der Waals surface area contributed by atoms with E-state index in [9.17, 15) is 4.79 Å². The Labute approximate surface area is 161 Å². The van der Waals surface area contributed by atoms with Crippen LogP contribution in [-0.4, -0.2) is 74.0 Å². The van der Waals surface area contributed by atoms with Crippen LogP contribution in [0.2, 0.25) is 5.02 Å². The second-order valence-corrected chi connectivity index (χ2v) is 6.85. The van der Waals surface area contributed by atoms with Crippen molar-refractivity contribution in [3.05, 3.63) is 34.9 Å². The number of hydrogen-bond donors (Lipinski definition) is 2. The molecule has 0 aromatic heterocycles. The largest absolute Gasteiger partial charge is 0.357 e. The second-order valence-electron chi connectivity index (χ2n) is 6.41. The number of nitrogens with one attached hydrogen (secondary N) is 2. The molecular formula is C19H30ClN5O. The van der Waals surface area contributed by atoms with Gasteiger partial charge in [0, 0.05) is 57.8 Å². The van der Waals surface area contributed by atoms with Crippen LogP contribution in [0.3, 0.4) is 0 Å². The number of piperazine rings is 1. The lowest BCUT2D eigenvalue weighted by Gasteiger charge is -2.33. The lowest BCUT2D eigenvalue weighted by Crippen LogP contribution is -2.48. The Balaban J connectivity index is 1.70. The summed E-state index contributed by atoms with van der Waals surface area (Å²) >= 11 is 5.91. The molecule has 144 valence electrons. The van der Waals surface area contributed by atoms with Crippen molar-refractivity contribution in [3.63, 3.8) is 0 Å². The van der Waals surface area contributed by atoms with Crippen molar-refractivity contribution in [2.24, 2.45) is 4.99 Å². The Hall–Kier alpha value is -1.79. The van der Waals surface area contributed by atoms with Crippen molar-refractivity contribution in [2.75, 3.05) is 52.4 Å². The molecule has 1 saturated heterocycles. The van der Waals surface area contributed by atoms with Gasteiger partial charge in [0.2, 0.25) is 5.91 Å². The van der Waals surface area contributed by atoms with Crippen molar-refractivity contribution in [1.82, 2.24) is 20.4 Å². The van der Waals surface area contributed by atoms with Crippen LogP contribution in [0.5, 0.6) is 0 Å². The number of aliphatic imine (C=N–C) groups is 1. The molecule has 6 nitrogen and oxygen atoms in total. The summed E-state index contributed by atoms with van der Waals surface area (Å²) < 4.78 is 0. The lowest BCUT2D eigenvalue weighted by atomic mass is 10.1. The number of nitrogens with zero attached hydrogens (tertiary/aromatic N) is 3. The molecule has 1 aliphatic rings. The second kappa shape index (κ2) is 11.0. The molecule has 0 spiro atoms. The highest BCUT2D eigenvalue weighted by molar-refractivity contribution is 6.30. The van der Waals surface area contributed by atoms with E-state index in [0.717, 1.165) is 69.8 Å². The van der Waals surface area contributed by atoms with E-state index in [4.69, 9.17) is 11.6 Å². The molecule has 1 amide bonds. The van der Waals surface area contributed by atoms with E-state index in [1.165, 1.54) is 5.56 Å². The van der Waals surface area contributed by atoms with Gasteiger partial charge in [-0.05, 0) is 31.0 Å². The normalized spacial score (nSPS) is 15.8. The zero-order chi connectivity index (χ0) is 18.8. The Bertz CT molecular complexity index is 582. The van der Waals surface area contributed by atoms with Crippen molar-refractivity contribution >= 4 is 23.5 Å². The molecule has 7 heteroatoms. The van der Waals surface area contributed by atoms with Crippen LogP contribution >= 0.6 is 11.6 Å². The lowest BCUT2D eigenvalue weighted by molar-refractivity contribution is -0.130. The highest BCUT2D eigenvalue weighted by Gasteiger charge is 2.17. The summed E-state index contributed by atoms with van der Waals surface area (Å²) in [7, 11) is 0. The number of amides is 1. The summed E-state index contributed by atoms with van der Waals surface area (Å²) in [5.41, 5.74) is 1.25. The molecule has 26 heavy (non-hydrogen) atoms. The third kappa shape index (κ3) is 7.22. The van der Waals surface area contributed by atoms with Gasteiger partial charge in [-0.2, -0.15) is 0 Å². The van der Waals surface area contributed by atoms with Crippen molar-refractivity contribution in [2.45, 2.75) is 20.3 Å². The first kappa shape index (κ1) is 20.5. The summed E-state index contributed by atoms with van der Waals surface area (Å²) in [6.45, 7) is 10.5. The maximum atomic E-state index is 11.4. The zero-order valence-corrected chi connectivity index (χ0v) is 16.6. The standard InChI is InChI=1S/C19H30ClN5O/c1-3-21-19(22-9-8-17-4-6-18(20)7-5-17)23-10-11-24-12-14-25(15-13-24)16(2)26/h4-7H,3,8-15H2,1-2H3,(H2,21,22,23). The minimum Gasteiger partial charge on any atom is -0.357 e. The van der Waals surface area contributed by atoms with Gasteiger partial charge in [-0.25, -0.2) is 0 Å². The minimum atomic E-state index is 0.169. The van der Waals surface area contributed by atoms with E-state index in [1.54, 1.807) is 6.92 Å². The number of guanidine groups is 1. The van der Waals surface area contributed by atoms with Gasteiger partial charge in [0.1, 0.15) is 0 Å². The number of rotatable bonds is 7. The van der Waals surface area contributed by atoms with E-state index < -0.39 is 0 Å². The fourth-order valence-corrected chi connectivity index (χ4v) is 3.03. The third-order valence-corrected chi connectivity index (χ3v) is 4.72. The van der Waals surface area contributed by atoms with Crippen LogP contribution in [0.15, 0.2) is 29.3 Å². The van der Waals surface area contributed by atoms with Gasteiger partial charge in [0.25, 0.3) is 0 Å². The fraction of sp³-hybridized carbons (Fsp3) is 0.579. The molecule has 0 saturated carbocycles.